The molecular formula is C23H24N2O4. The van der Waals surface area contributed by atoms with Crippen LogP contribution in [0.2, 0.25) is 0 Å². The summed E-state index contributed by atoms with van der Waals surface area (Å²) in [6.07, 6.45) is 2.82. The molecular weight excluding hydrogens is 368 g/mol. The number of nitro groups is 1. The van der Waals surface area contributed by atoms with E-state index < -0.39 is 10.9 Å². The van der Waals surface area contributed by atoms with Gasteiger partial charge in [-0.05, 0) is 37.5 Å². The molecule has 1 unspecified atom stereocenters. The number of allylic oxidation sites excluding steroid dienone is 1. The van der Waals surface area contributed by atoms with Crippen LogP contribution < -0.4 is 4.90 Å². The van der Waals surface area contributed by atoms with Crippen LogP contribution in [0.5, 0.6) is 0 Å². The zero-order chi connectivity index (χ0) is 21.0. The lowest BCUT2D eigenvalue weighted by Crippen LogP contribution is -2.37. The van der Waals surface area contributed by atoms with Gasteiger partial charge in [-0.25, -0.2) is 4.79 Å². The van der Waals surface area contributed by atoms with Crippen molar-refractivity contribution >= 4 is 22.9 Å². The fourth-order valence-corrected chi connectivity index (χ4v) is 3.68. The molecule has 1 aliphatic heterocycles. The van der Waals surface area contributed by atoms with Crippen molar-refractivity contribution in [1.82, 2.24) is 0 Å². The number of rotatable bonds is 6. The highest BCUT2D eigenvalue weighted by molar-refractivity contribution is 6.08. The van der Waals surface area contributed by atoms with E-state index in [2.05, 4.69) is 6.92 Å². The summed E-state index contributed by atoms with van der Waals surface area (Å²) in [6.45, 7) is 5.96. The van der Waals surface area contributed by atoms with Crippen LogP contribution in [0.25, 0.3) is 5.57 Å². The highest BCUT2D eigenvalue weighted by atomic mass is 16.6. The summed E-state index contributed by atoms with van der Waals surface area (Å²) < 4.78 is 5.35. The second-order valence-corrected chi connectivity index (χ2v) is 6.75. The summed E-state index contributed by atoms with van der Waals surface area (Å²) >= 11 is 0. The van der Waals surface area contributed by atoms with Crippen molar-refractivity contribution in [2.75, 3.05) is 11.5 Å². The van der Waals surface area contributed by atoms with E-state index in [0.717, 1.165) is 23.3 Å². The molecule has 29 heavy (non-hydrogen) atoms. The predicted octanol–water partition coefficient (Wildman–Crippen LogP) is 5.11. The van der Waals surface area contributed by atoms with Crippen molar-refractivity contribution in [3.8, 4) is 0 Å². The number of carbonyl (C=O) groups is 1. The number of esters is 1. The minimum absolute atomic E-state index is 0.0145. The van der Waals surface area contributed by atoms with E-state index in [4.69, 9.17) is 4.74 Å². The normalized spacial score (nSPS) is 16.4. The Morgan fingerprint density at radius 1 is 1.14 bits per heavy atom. The Morgan fingerprint density at radius 3 is 2.48 bits per heavy atom. The smallest absolute Gasteiger partial charge is 0.340 e. The number of anilines is 1. The quantitative estimate of drug-likeness (QED) is 0.388. The zero-order valence-electron chi connectivity index (χ0n) is 16.8. The number of carbonyl (C=O) groups excluding carboxylic acids is 1. The van der Waals surface area contributed by atoms with Gasteiger partial charge < -0.3 is 9.64 Å². The van der Waals surface area contributed by atoms with Gasteiger partial charge in [0.1, 0.15) is 0 Å². The van der Waals surface area contributed by atoms with Crippen molar-refractivity contribution in [1.29, 1.82) is 0 Å². The summed E-state index contributed by atoms with van der Waals surface area (Å²) in [5.74, 6) is -0.398. The third-order valence-corrected chi connectivity index (χ3v) is 4.98. The molecule has 1 heterocycles. The van der Waals surface area contributed by atoms with Crippen LogP contribution >= 0.6 is 0 Å². The largest absolute Gasteiger partial charge is 0.462 e. The van der Waals surface area contributed by atoms with Crippen molar-refractivity contribution in [2.45, 2.75) is 33.2 Å². The first-order valence-electron chi connectivity index (χ1n) is 9.67. The van der Waals surface area contributed by atoms with Gasteiger partial charge in [-0.3, -0.25) is 10.1 Å². The number of benzene rings is 2. The summed E-state index contributed by atoms with van der Waals surface area (Å²) in [5, 5.41) is 11.3. The van der Waals surface area contributed by atoms with Crippen molar-refractivity contribution < 1.29 is 14.5 Å². The molecule has 3 rings (SSSR count). The molecule has 6 nitrogen and oxygen atoms in total. The van der Waals surface area contributed by atoms with E-state index in [1.165, 1.54) is 12.1 Å². The molecule has 2 aromatic rings. The highest BCUT2D eigenvalue weighted by Crippen LogP contribution is 2.38. The van der Waals surface area contributed by atoms with Gasteiger partial charge in [0.2, 0.25) is 0 Å². The van der Waals surface area contributed by atoms with Gasteiger partial charge >= 0.3 is 5.97 Å². The molecule has 0 aliphatic carbocycles. The molecule has 0 saturated carbocycles. The van der Waals surface area contributed by atoms with E-state index in [0.29, 0.717) is 11.3 Å². The van der Waals surface area contributed by atoms with E-state index in [9.17, 15) is 14.9 Å². The molecule has 0 radical (unpaired) electrons. The Hall–Kier alpha value is -3.41. The van der Waals surface area contributed by atoms with Gasteiger partial charge in [-0.1, -0.05) is 49.4 Å². The van der Waals surface area contributed by atoms with E-state index in [1.807, 2.05) is 54.3 Å². The molecule has 2 aromatic carbocycles. The summed E-state index contributed by atoms with van der Waals surface area (Å²) in [5.41, 5.74) is 3.66. The van der Waals surface area contributed by atoms with Gasteiger partial charge in [0.25, 0.3) is 5.69 Å². The van der Waals surface area contributed by atoms with E-state index in [-0.39, 0.29) is 18.3 Å². The van der Waals surface area contributed by atoms with E-state index in [1.54, 1.807) is 13.0 Å². The van der Waals surface area contributed by atoms with Crippen molar-refractivity contribution in [3.63, 3.8) is 0 Å². The standard InChI is InChI=1S/C23H24N2O4/c1-4-18-15-21(17-10-7-6-8-11-17)22(23(26)29-5-2)16(3)24(18)19-12-9-13-20(14-19)25(27)28/h6-15,18H,4-5H2,1-3H3. The number of nitro benzene ring substituents is 1. The van der Waals surface area contributed by atoms with Crippen LogP contribution in [-0.4, -0.2) is 23.5 Å². The highest BCUT2D eigenvalue weighted by Gasteiger charge is 2.32. The number of nitrogens with zero attached hydrogens (tertiary/aromatic N) is 2. The Bertz CT molecular complexity index is 979. The van der Waals surface area contributed by atoms with Gasteiger partial charge in [0.05, 0.1) is 23.1 Å². The lowest BCUT2D eigenvalue weighted by atomic mass is 9.89. The first-order chi connectivity index (χ1) is 14.0. The van der Waals surface area contributed by atoms with Gasteiger partial charge in [0, 0.05) is 23.5 Å². The lowest BCUT2D eigenvalue weighted by molar-refractivity contribution is -0.384. The molecule has 0 fully saturated rings. The Labute approximate surface area is 170 Å². The van der Waals surface area contributed by atoms with Crippen molar-refractivity contribution in [2.24, 2.45) is 0 Å². The Morgan fingerprint density at radius 2 is 1.86 bits per heavy atom. The molecule has 6 heteroatoms. The summed E-state index contributed by atoms with van der Waals surface area (Å²) in [7, 11) is 0. The third-order valence-electron chi connectivity index (χ3n) is 4.98. The average molecular weight is 392 g/mol. The van der Waals surface area contributed by atoms with Crippen LogP contribution in [-0.2, 0) is 9.53 Å². The molecule has 1 aliphatic rings. The molecule has 0 amide bonds. The third kappa shape index (κ3) is 4.06. The Kier molecular flexibility index (Phi) is 6.12. The number of hydrogen-bond donors (Lipinski definition) is 0. The molecule has 0 bridgehead atoms. The van der Waals surface area contributed by atoms with Gasteiger partial charge in [0.15, 0.2) is 0 Å². The molecule has 0 aromatic heterocycles. The van der Waals surface area contributed by atoms with Crippen LogP contribution in [0.15, 0.2) is 71.9 Å². The molecule has 0 spiro atoms. The molecule has 1 atom stereocenters. The fraction of sp³-hybridized carbons (Fsp3) is 0.261. The number of hydrogen-bond acceptors (Lipinski definition) is 5. The summed E-state index contributed by atoms with van der Waals surface area (Å²) in [4.78, 5) is 25.7. The topological polar surface area (TPSA) is 72.7 Å². The number of ether oxygens (including phenoxy) is 1. The zero-order valence-corrected chi connectivity index (χ0v) is 16.8. The average Bonchev–Trinajstić information content (AvgIpc) is 2.73. The number of non-ortho nitro benzene ring substituents is 1. The second-order valence-electron chi connectivity index (χ2n) is 6.75. The predicted molar refractivity (Wildman–Crippen MR) is 113 cm³/mol. The monoisotopic (exact) mass is 392 g/mol. The molecule has 0 saturated heterocycles. The maximum absolute atomic E-state index is 12.9. The second kappa shape index (κ2) is 8.73. The van der Waals surface area contributed by atoms with Gasteiger partial charge in [-0.15, -0.1) is 0 Å². The minimum Gasteiger partial charge on any atom is -0.462 e. The fourth-order valence-electron chi connectivity index (χ4n) is 3.68. The minimum atomic E-state index is -0.412. The SMILES string of the molecule is CCOC(=O)C1=C(C)N(c2cccc([N+](=O)[O-])c2)C(CC)C=C1c1ccccc1. The van der Waals surface area contributed by atoms with Crippen LogP contribution in [0.3, 0.4) is 0 Å². The van der Waals surface area contributed by atoms with E-state index >= 15 is 0 Å². The van der Waals surface area contributed by atoms with Crippen LogP contribution in [0.4, 0.5) is 11.4 Å². The first-order valence-corrected chi connectivity index (χ1v) is 9.67. The maximum Gasteiger partial charge on any atom is 0.340 e. The Balaban J connectivity index is 2.18. The first kappa shape index (κ1) is 20.3. The van der Waals surface area contributed by atoms with Gasteiger partial charge in [-0.2, -0.15) is 0 Å². The maximum atomic E-state index is 12.9. The lowest BCUT2D eigenvalue weighted by Gasteiger charge is -2.37. The summed E-state index contributed by atoms with van der Waals surface area (Å²) in [6, 6.07) is 16.2. The molecule has 150 valence electrons. The molecule has 0 N–H and O–H groups in total. The van der Waals surface area contributed by atoms with Crippen LogP contribution in [0, 0.1) is 10.1 Å². The van der Waals surface area contributed by atoms with Crippen LogP contribution in [0.1, 0.15) is 32.8 Å². The van der Waals surface area contributed by atoms with Crippen molar-refractivity contribution in [3.05, 3.63) is 87.6 Å².